The van der Waals surface area contributed by atoms with Crippen molar-refractivity contribution < 1.29 is 23.4 Å². The first-order valence-electron chi connectivity index (χ1n) is 8.14. The summed E-state index contributed by atoms with van der Waals surface area (Å²) in [5.41, 5.74) is 0.532. The lowest BCUT2D eigenvalue weighted by Crippen LogP contribution is -2.44. The van der Waals surface area contributed by atoms with Crippen molar-refractivity contribution in [3.63, 3.8) is 0 Å². The largest absolute Gasteiger partial charge is 0.435 e. The second-order valence-corrected chi connectivity index (χ2v) is 6.24. The van der Waals surface area contributed by atoms with Crippen molar-refractivity contribution in [1.82, 2.24) is 4.90 Å². The van der Waals surface area contributed by atoms with Crippen molar-refractivity contribution in [3.05, 3.63) is 24.3 Å². The zero-order chi connectivity index (χ0) is 17.6. The highest BCUT2D eigenvalue weighted by Crippen LogP contribution is 2.34. The van der Waals surface area contributed by atoms with Crippen LogP contribution in [0, 0.1) is 5.41 Å². The molecular weight excluding hydrogens is 318 g/mol. The number of carbonyl (C=O) groups is 1. The van der Waals surface area contributed by atoms with Gasteiger partial charge in [-0.25, -0.2) is 0 Å². The van der Waals surface area contributed by atoms with Gasteiger partial charge in [0.1, 0.15) is 5.75 Å². The Morgan fingerprint density at radius 2 is 1.96 bits per heavy atom. The van der Waals surface area contributed by atoms with E-state index < -0.39 is 6.61 Å². The predicted octanol–water partition coefficient (Wildman–Crippen LogP) is 2.71. The van der Waals surface area contributed by atoms with E-state index in [4.69, 9.17) is 0 Å². The number of anilines is 1. The first-order valence-corrected chi connectivity index (χ1v) is 8.14. The van der Waals surface area contributed by atoms with Gasteiger partial charge in [0.25, 0.3) is 0 Å². The second kappa shape index (κ2) is 8.39. The predicted molar refractivity (Wildman–Crippen MR) is 87.2 cm³/mol. The number of nitrogens with zero attached hydrogens (tertiary/aromatic N) is 1. The van der Waals surface area contributed by atoms with Crippen LogP contribution in [0.25, 0.3) is 0 Å². The van der Waals surface area contributed by atoms with Crippen molar-refractivity contribution >= 4 is 11.6 Å². The Bertz CT molecular complexity index is 523. The molecule has 0 spiro atoms. The molecule has 1 amide bonds. The average Bonchev–Trinajstić information content (AvgIpc) is 2.57. The van der Waals surface area contributed by atoms with E-state index in [-0.39, 0.29) is 30.2 Å². The third-order valence-electron chi connectivity index (χ3n) is 4.73. The summed E-state index contributed by atoms with van der Waals surface area (Å²) in [6.07, 6.45) is 2.70. The van der Waals surface area contributed by atoms with Gasteiger partial charge in [-0.3, -0.25) is 9.69 Å². The van der Waals surface area contributed by atoms with Gasteiger partial charge in [-0.1, -0.05) is 6.92 Å². The van der Waals surface area contributed by atoms with Gasteiger partial charge in [0.15, 0.2) is 0 Å². The van der Waals surface area contributed by atoms with Gasteiger partial charge in [0.05, 0.1) is 6.54 Å². The number of amides is 1. The third kappa shape index (κ3) is 5.14. The number of aliphatic hydroxyl groups excluding tert-OH is 1. The van der Waals surface area contributed by atoms with Crippen LogP contribution in [-0.4, -0.2) is 48.8 Å². The number of nitrogens with one attached hydrogen (secondary N) is 1. The summed E-state index contributed by atoms with van der Waals surface area (Å²) >= 11 is 0. The normalized spacial score (nSPS) is 17.7. The highest BCUT2D eigenvalue weighted by Gasteiger charge is 2.32. The molecule has 2 rings (SSSR count). The number of likely N-dealkylation sites (tertiary alicyclic amines) is 1. The number of aliphatic hydroxyl groups is 1. The Labute approximate surface area is 140 Å². The van der Waals surface area contributed by atoms with E-state index in [0.29, 0.717) is 5.69 Å². The molecule has 134 valence electrons. The Balaban J connectivity index is 1.79. The summed E-state index contributed by atoms with van der Waals surface area (Å²) < 4.78 is 28.4. The molecule has 0 aromatic heterocycles. The molecule has 7 heteroatoms. The molecule has 1 fully saturated rings. The maximum absolute atomic E-state index is 12.1. The first-order chi connectivity index (χ1) is 11.5. The molecule has 1 aliphatic heterocycles. The summed E-state index contributed by atoms with van der Waals surface area (Å²) in [7, 11) is 0. The lowest BCUT2D eigenvalue weighted by Gasteiger charge is -2.39. The third-order valence-corrected chi connectivity index (χ3v) is 4.73. The molecule has 1 aromatic rings. The fourth-order valence-corrected chi connectivity index (χ4v) is 2.93. The van der Waals surface area contributed by atoms with Gasteiger partial charge >= 0.3 is 6.61 Å². The minimum atomic E-state index is -2.86. The van der Waals surface area contributed by atoms with Crippen molar-refractivity contribution in [3.8, 4) is 5.75 Å². The van der Waals surface area contributed by atoms with Crippen LogP contribution in [0.1, 0.15) is 26.2 Å². The number of piperidine rings is 1. The zero-order valence-electron chi connectivity index (χ0n) is 13.8. The van der Waals surface area contributed by atoms with Crippen LogP contribution in [0.3, 0.4) is 0 Å². The van der Waals surface area contributed by atoms with Crippen LogP contribution >= 0.6 is 0 Å². The molecule has 0 unspecified atom stereocenters. The topological polar surface area (TPSA) is 61.8 Å². The van der Waals surface area contributed by atoms with Gasteiger partial charge in [-0.05, 0) is 62.0 Å². The van der Waals surface area contributed by atoms with Gasteiger partial charge in [0.2, 0.25) is 5.91 Å². The molecule has 2 N–H and O–H groups in total. The molecule has 0 atom stereocenters. The fourth-order valence-electron chi connectivity index (χ4n) is 2.93. The highest BCUT2D eigenvalue weighted by molar-refractivity contribution is 5.92. The Kier molecular flexibility index (Phi) is 6.51. The number of halogens is 2. The number of hydrogen-bond donors (Lipinski definition) is 2. The molecule has 0 aliphatic carbocycles. The smallest absolute Gasteiger partial charge is 0.387 e. The van der Waals surface area contributed by atoms with E-state index in [1.54, 1.807) is 0 Å². The van der Waals surface area contributed by atoms with Crippen LogP contribution in [0.5, 0.6) is 5.75 Å². The van der Waals surface area contributed by atoms with E-state index >= 15 is 0 Å². The number of carbonyl (C=O) groups excluding carboxylic acids is 1. The highest BCUT2D eigenvalue weighted by atomic mass is 19.3. The van der Waals surface area contributed by atoms with E-state index in [9.17, 15) is 18.7 Å². The van der Waals surface area contributed by atoms with Crippen molar-refractivity contribution in [2.75, 3.05) is 31.6 Å². The summed E-state index contributed by atoms with van der Waals surface area (Å²) in [5.74, 6) is -0.0931. The monoisotopic (exact) mass is 342 g/mol. The van der Waals surface area contributed by atoms with Crippen molar-refractivity contribution in [1.29, 1.82) is 0 Å². The van der Waals surface area contributed by atoms with Gasteiger partial charge in [-0.15, -0.1) is 0 Å². The Morgan fingerprint density at radius 3 is 2.46 bits per heavy atom. The van der Waals surface area contributed by atoms with E-state index in [1.165, 1.54) is 24.3 Å². The fraction of sp³-hybridized carbons (Fsp3) is 0.588. The summed E-state index contributed by atoms with van der Waals surface area (Å²) in [5, 5.41) is 12.3. The molecule has 5 nitrogen and oxygen atoms in total. The molecule has 1 heterocycles. The molecule has 24 heavy (non-hydrogen) atoms. The molecule has 0 radical (unpaired) electrons. The van der Waals surface area contributed by atoms with E-state index in [2.05, 4.69) is 21.9 Å². The van der Waals surface area contributed by atoms with Crippen LogP contribution in [-0.2, 0) is 4.79 Å². The quantitative estimate of drug-likeness (QED) is 0.800. The average molecular weight is 342 g/mol. The standard InChI is InChI=1S/C17H24F2N2O3/c1-2-17(12-22)7-9-21(10-8-17)11-15(23)20-13-3-5-14(6-4-13)24-16(18)19/h3-6,16,22H,2,7-12H2,1H3,(H,20,23). The van der Waals surface area contributed by atoms with Gasteiger partial charge in [0, 0.05) is 12.3 Å². The molecule has 0 bridgehead atoms. The Morgan fingerprint density at radius 1 is 1.33 bits per heavy atom. The number of alkyl halides is 2. The maximum Gasteiger partial charge on any atom is 0.387 e. The van der Waals surface area contributed by atoms with Gasteiger partial charge in [-0.2, -0.15) is 8.78 Å². The van der Waals surface area contributed by atoms with E-state index in [1.807, 2.05) is 0 Å². The molecule has 0 saturated carbocycles. The van der Waals surface area contributed by atoms with Gasteiger partial charge < -0.3 is 15.2 Å². The minimum Gasteiger partial charge on any atom is -0.435 e. The van der Waals surface area contributed by atoms with Crippen LogP contribution in [0.15, 0.2) is 24.3 Å². The zero-order valence-corrected chi connectivity index (χ0v) is 13.8. The van der Waals surface area contributed by atoms with Crippen LogP contribution < -0.4 is 10.1 Å². The number of benzene rings is 1. The number of ether oxygens (including phenoxy) is 1. The lowest BCUT2D eigenvalue weighted by molar-refractivity contribution is -0.118. The van der Waals surface area contributed by atoms with Crippen LogP contribution in [0.2, 0.25) is 0 Å². The van der Waals surface area contributed by atoms with Crippen LogP contribution in [0.4, 0.5) is 14.5 Å². The molecular formula is C17H24F2N2O3. The number of hydrogen-bond acceptors (Lipinski definition) is 4. The number of rotatable bonds is 7. The lowest BCUT2D eigenvalue weighted by atomic mass is 9.77. The van der Waals surface area contributed by atoms with Crippen molar-refractivity contribution in [2.24, 2.45) is 5.41 Å². The SMILES string of the molecule is CCC1(CO)CCN(CC(=O)Nc2ccc(OC(F)F)cc2)CC1. The van der Waals surface area contributed by atoms with Crippen molar-refractivity contribution in [2.45, 2.75) is 32.8 Å². The summed E-state index contributed by atoms with van der Waals surface area (Å²) in [4.78, 5) is 14.2. The summed E-state index contributed by atoms with van der Waals surface area (Å²) in [6.45, 7) is 1.25. The maximum atomic E-state index is 12.1. The molecule has 1 aliphatic rings. The summed E-state index contributed by atoms with van der Waals surface area (Å²) in [6, 6.07) is 5.83. The minimum absolute atomic E-state index is 0.00644. The molecule has 1 aromatic carbocycles. The first kappa shape index (κ1) is 18.6. The Hall–Kier alpha value is -1.73. The molecule has 1 saturated heterocycles. The van der Waals surface area contributed by atoms with E-state index in [0.717, 1.165) is 32.4 Å². The second-order valence-electron chi connectivity index (χ2n) is 6.24.